The number of nitriles is 1. The van der Waals surface area contributed by atoms with Crippen molar-refractivity contribution in [1.82, 2.24) is 4.98 Å². The van der Waals surface area contributed by atoms with Gasteiger partial charge >= 0.3 is 5.63 Å². The lowest BCUT2D eigenvalue weighted by Crippen LogP contribution is -2.02. The summed E-state index contributed by atoms with van der Waals surface area (Å²) in [7, 11) is 0. The number of hydrogen-bond acceptors (Lipinski definition) is 5. The largest absolute Gasteiger partial charge is 0.422 e. The van der Waals surface area contributed by atoms with Gasteiger partial charge in [0, 0.05) is 15.2 Å². The van der Waals surface area contributed by atoms with Gasteiger partial charge in [-0.1, -0.05) is 58.4 Å². The highest BCUT2D eigenvalue weighted by molar-refractivity contribution is 9.10. The first-order valence-corrected chi connectivity index (χ1v) is 11.1. The maximum Gasteiger partial charge on any atom is 0.345 e. The summed E-state index contributed by atoms with van der Waals surface area (Å²) in [5, 5.41) is 15.1. The van der Waals surface area contributed by atoms with Gasteiger partial charge in [0.25, 0.3) is 0 Å². The lowest BCUT2D eigenvalue weighted by atomic mass is 10.0. The Morgan fingerprint density at radius 3 is 2.77 bits per heavy atom. The minimum absolute atomic E-state index is 0.371. The third kappa shape index (κ3) is 3.70. The predicted molar refractivity (Wildman–Crippen MR) is 129 cm³/mol. The van der Waals surface area contributed by atoms with Crippen LogP contribution in [0.4, 0.5) is 0 Å². The lowest BCUT2D eigenvalue weighted by molar-refractivity contribution is 0.563. The monoisotopic (exact) mass is 484 g/mol. The molecule has 0 amide bonds. The van der Waals surface area contributed by atoms with E-state index in [1.807, 2.05) is 60.7 Å². The predicted octanol–water partition coefficient (Wildman–Crippen LogP) is 6.90. The van der Waals surface area contributed by atoms with Crippen molar-refractivity contribution in [2.45, 2.75) is 0 Å². The van der Waals surface area contributed by atoms with Crippen LogP contribution in [0, 0.1) is 11.3 Å². The number of aromatic nitrogens is 1. The fourth-order valence-electron chi connectivity index (χ4n) is 3.47. The highest BCUT2D eigenvalue weighted by Gasteiger charge is 2.14. The minimum Gasteiger partial charge on any atom is -0.422 e. The molecule has 148 valence electrons. The molecule has 2 aromatic heterocycles. The summed E-state index contributed by atoms with van der Waals surface area (Å²) in [6, 6.07) is 23.5. The zero-order valence-corrected chi connectivity index (χ0v) is 18.4. The van der Waals surface area contributed by atoms with Crippen LogP contribution in [0.2, 0.25) is 0 Å². The molecule has 0 radical (unpaired) electrons. The quantitative estimate of drug-likeness (QED) is 0.206. The Balaban J connectivity index is 1.59. The van der Waals surface area contributed by atoms with E-state index in [2.05, 4.69) is 27.0 Å². The smallest absolute Gasteiger partial charge is 0.345 e. The van der Waals surface area contributed by atoms with Crippen LogP contribution in [-0.2, 0) is 0 Å². The number of rotatable bonds is 3. The van der Waals surface area contributed by atoms with Gasteiger partial charge < -0.3 is 4.42 Å². The molecule has 0 aliphatic rings. The molecule has 0 atom stereocenters. The standard InChI is InChI=1S/C25H13BrN2O2S/c26-19-8-9-23-17(11-19)12-21(25(29)30-23)22-14-31-24(28-22)18(13-27)10-16-6-3-5-15-4-1-2-7-20(15)16/h1-12,14H. The van der Waals surface area contributed by atoms with E-state index in [4.69, 9.17) is 4.42 Å². The molecule has 3 aromatic carbocycles. The van der Waals surface area contributed by atoms with Gasteiger partial charge in [-0.15, -0.1) is 11.3 Å². The molecule has 0 aliphatic heterocycles. The van der Waals surface area contributed by atoms with E-state index >= 15 is 0 Å². The summed E-state index contributed by atoms with van der Waals surface area (Å²) < 4.78 is 6.34. The number of nitrogens with zero attached hydrogens (tertiary/aromatic N) is 2. The van der Waals surface area contributed by atoms with Crippen molar-refractivity contribution in [3.63, 3.8) is 0 Å². The molecule has 5 rings (SSSR count). The number of allylic oxidation sites excluding steroid dienone is 1. The normalized spacial score (nSPS) is 11.7. The third-order valence-electron chi connectivity index (χ3n) is 4.95. The first kappa shape index (κ1) is 19.4. The summed E-state index contributed by atoms with van der Waals surface area (Å²) in [4.78, 5) is 17.1. The zero-order valence-electron chi connectivity index (χ0n) is 16.0. The molecule has 0 bridgehead atoms. The van der Waals surface area contributed by atoms with Crippen molar-refractivity contribution in [3.8, 4) is 17.3 Å². The molecule has 5 aromatic rings. The van der Waals surface area contributed by atoms with Crippen molar-refractivity contribution in [2.75, 3.05) is 0 Å². The Morgan fingerprint density at radius 1 is 1.06 bits per heavy atom. The Morgan fingerprint density at radius 2 is 1.90 bits per heavy atom. The van der Waals surface area contributed by atoms with E-state index in [1.54, 1.807) is 17.5 Å². The van der Waals surface area contributed by atoms with Gasteiger partial charge in [0.2, 0.25) is 0 Å². The molecule has 4 nitrogen and oxygen atoms in total. The fourth-order valence-corrected chi connectivity index (χ4v) is 4.63. The highest BCUT2D eigenvalue weighted by atomic mass is 79.9. The van der Waals surface area contributed by atoms with Crippen LogP contribution in [0.25, 0.3) is 44.6 Å². The van der Waals surface area contributed by atoms with Crippen LogP contribution in [-0.4, -0.2) is 4.98 Å². The van der Waals surface area contributed by atoms with Crippen molar-refractivity contribution < 1.29 is 4.42 Å². The Hall–Kier alpha value is -3.53. The first-order chi connectivity index (χ1) is 15.1. The average molecular weight is 485 g/mol. The van der Waals surface area contributed by atoms with E-state index < -0.39 is 5.63 Å². The van der Waals surface area contributed by atoms with Crippen molar-refractivity contribution in [1.29, 1.82) is 5.26 Å². The van der Waals surface area contributed by atoms with Crippen molar-refractivity contribution in [2.24, 2.45) is 0 Å². The van der Waals surface area contributed by atoms with Crippen LogP contribution in [0.15, 0.2) is 85.8 Å². The second-order valence-corrected chi connectivity index (χ2v) is 8.68. The maximum absolute atomic E-state index is 12.5. The van der Waals surface area contributed by atoms with Gasteiger partial charge in [-0.05, 0) is 46.7 Å². The molecule has 2 heterocycles. The Bertz CT molecular complexity index is 1590. The lowest BCUT2D eigenvalue weighted by Gasteiger charge is -2.02. The van der Waals surface area contributed by atoms with Gasteiger partial charge in [-0.2, -0.15) is 5.26 Å². The molecule has 0 spiro atoms. The Labute approximate surface area is 189 Å². The number of benzene rings is 3. The molecule has 0 aliphatic carbocycles. The molecule has 6 heteroatoms. The molecular weight excluding hydrogens is 472 g/mol. The van der Waals surface area contributed by atoms with Crippen LogP contribution < -0.4 is 5.63 Å². The van der Waals surface area contributed by atoms with Gasteiger partial charge in [0.05, 0.1) is 16.8 Å². The minimum atomic E-state index is -0.455. The van der Waals surface area contributed by atoms with E-state index in [9.17, 15) is 10.1 Å². The fraction of sp³-hybridized carbons (Fsp3) is 0. The second kappa shape index (κ2) is 7.95. The number of hydrogen-bond donors (Lipinski definition) is 0. The number of halogens is 1. The van der Waals surface area contributed by atoms with Gasteiger partial charge in [0.15, 0.2) is 0 Å². The topological polar surface area (TPSA) is 66.9 Å². The molecule has 31 heavy (non-hydrogen) atoms. The van der Waals surface area contributed by atoms with Crippen molar-refractivity contribution >= 4 is 60.7 Å². The van der Waals surface area contributed by atoms with Crippen LogP contribution in [0.3, 0.4) is 0 Å². The maximum atomic E-state index is 12.5. The molecule has 0 fully saturated rings. The number of thiazole rings is 1. The van der Waals surface area contributed by atoms with Crippen molar-refractivity contribution in [3.05, 3.63) is 97.6 Å². The van der Waals surface area contributed by atoms with E-state index in [-0.39, 0.29) is 0 Å². The first-order valence-electron chi connectivity index (χ1n) is 9.41. The molecular formula is C25H13BrN2O2S. The summed E-state index contributed by atoms with van der Waals surface area (Å²) in [5.74, 6) is 0. The Kier molecular flexibility index (Phi) is 4.99. The van der Waals surface area contributed by atoms with Crippen LogP contribution >= 0.6 is 27.3 Å². The SMILES string of the molecule is N#CC(=Cc1cccc2ccccc12)c1nc(-c2cc3cc(Br)ccc3oc2=O)cs1. The summed E-state index contributed by atoms with van der Waals surface area (Å²) in [6.07, 6.45) is 1.84. The number of fused-ring (bicyclic) bond motifs is 2. The van der Waals surface area contributed by atoms with Crippen LogP contribution in [0.1, 0.15) is 10.6 Å². The average Bonchev–Trinajstić information content (AvgIpc) is 3.27. The molecule has 0 saturated carbocycles. The second-order valence-electron chi connectivity index (χ2n) is 6.91. The van der Waals surface area contributed by atoms with E-state index in [0.717, 1.165) is 26.2 Å². The summed E-state index contributed by atoms with van der Waals surface area (Å²) in [6.45, 7) is 0. The molecule has 0 unspecified atom stereocenters. The zero-order chi connectivity index (χ0) is 21.4. The highest BCUT2D eigenvalue weighted by Crippen LogP contribution is 2.29. The molecule has 0 saturated heterocycles. The van der Waals surface area contributed by atoms with E-state index in [1.165, 1.54) is 11.3 Å². The summed E-state index contributed by atoms with van der Waals surface area (Å²) in [5.41, 5.74) is 2.32. The van der Waals surface area contributed by atoms with Gasteiger partial charge in [-0.25, -0.2) is 9.78 Å². The third-order valence-corrected chi connectivity index (χ3v) is 6.32. The van der Waals surface area contributed by atoms with Crippen LogP contribution in [0.5, 0.6) is 0 Å². The summed E-state index contributed by atoms with van der Waals surface area (Å²) >= 11 is 4.76. The van der Waals surface area contributed by atoms with E-state index in [0.29, 0.717) is 27.4 Å². The van der Waals surface area contributed by atoms with Gasteiger partial charge in [-0.3, -0.25) is 0 Å². The van der Waals surface area contributed by atoms with Gasteiger partial charge in [0.1, 0.15) is 16.7 Å². The molecule has 0 N–H and O–H groups in total.